The summed E-state index contributed by atoms with van der Waals surface area (Å²) >= 11 is 1.09. The molecule has 2 heterocycles. The monoisotopic (exact) mass is 432 g/mol. The summed E-state index contributed by atoms with van der Waals surface area (Å²) in [6.45, 7) is 1.15. The van der Waals surface area contributed by atoms with Crippen molar-refractivity contribution in [2.45, 2.75) is 6.18 Å². The van der Waals surface area contributed by atoms with E-state index in [1.807, 2.05) is 0 Å². The van der Waals surface area contributed by atoms with Gasteiger partial charge >= 0.3 is 12.2 Å². The standard InChI is InChI=1S/C20H15F3N4O2S/c21-20(22,23)13-3-1-2-12(10-13)18-26-16(11-30-18)17(28)25-14-4-6-15(7-5-14)27-9-8-24-19(27)29/h1-7,10-11H,8-9H2,(H,24,29)(H,25,28). The van der Waals surface area contributed by atoms with Gasteiger partial charge in [-0.2, -0.15) is 13.2 Å². The molecule has 154 valence electrons. The number of nitrogens with zero attached hydrogens (tertiary/aromatic N) is 2. The van der Waals surface area contributed by atoms with Gasteiger partial charge in [0.05, 0.1) is 5.56 Å². The Balaban J connectivity index is 1.46. The zero-order chi connectivity index (χ0) is 21.3. The normalized spacial score (nSPS) is 14.0. The van der Waals surface area contributed by atoms with Crippen LogP contribution < -0.4 is 15.5 Å². The van der Waals surface area contributed by atoms with Gasteiger partial charge in [0.2, 0.25) is 0 Å². The van der Waals surface area contributed by atoms with Crippen LogP contribution in [-0.2, 0) is 6.18 Å². The van der Waals surface area contributed by atoms with E-state index in [4.69, 9.17) is 0 Å². The average Bonchev–Trinajstić information content (AvgIpc) is 3.37. The van der Waals surface area contributed by atoms with Crippen LogP contribution in [0.5, 0.6) is 0 Å². The first-order valence-electron chi connectivity index (χ1n) is 8.91. The molecule has 3 aromatic rings. The van der Waals surface area contributed by atoms with Crippen LogP contribution in [0.4, 0.5) is 29.3 Å². The summed E-state index contributed by atoms with van der Waals surface area (Å²) in [5, 5.41) is 7.22. The van der Waals surface area contributed by atoms with Crippen LogP contribution in [0.25, 0.3) is 10.6 Å². The van der Waals surface area contributed by atoms with E-state index in [1.54, 1.807) is 29.2 Å². The second-order valence-electron chi connectivity index (χ2n) is 6.50. The van der Waals surface area contributed by atoms with Crippen LogP contribution in [0.1, 0.15) is 16.1 Å². The Hall–Kier alpha value is -3.40. The van der Waals surface area contributed by atoms with Crippen molar-refractivity contribution in [3.05, 3.63) is 65.2 Å². The van der Waals surface area contributed by atoms with E-state index in [0.717, 1.165) is 23.5 Å². The Morgan fingerprint density at radius 1 is 1.17 bits per heavy atom. The van der Waals surface area contributed by atoms with Gasteiger partial charge in [-0.3, -0.25) is 9.69 Å². The lowest BCUT2D eigenvalue weighted by Crippen LogP contribution is -2.27. The highest BCUT2D eigenvalue weighted by molar-refractivity contribution is 7.13. The van der Waals surface area contributed by atoms with Crippen molar-refractivity contribution in [1.82, 2.24) is 10.3 Å². The molecular formula is C20H15F3N4O2S. The van der Waals surface area contributed by atoms with E-state index in [-0.39, 0.29) is 11.7 Å². The average molecular weight is 432 g/mol. The highest BCUT2D eigenvalue weighted by Gasteiger charge is 2.30. The quantitative estimate of drug-likeness (QED) is 0.632. The van der Waals surface area contributed by atoms with Crippen LogP contribution in [0, 0.1) is 0 Å². The summed E-state index contributed by atoms with van der Waals surface area (Å²) in [5.74, 6) is -0.476. The van der Waals surface area contributed by atoms with Gasteiger partial charge in [0.25, 0.3) is 5.91 Å². The van der Waals surface area contributed by atoms with Crippen molar-refractivity contribution >= 4 is 34.6 Å². The Bertz CT molecular complexity index is 1100. The largest absolute Gasteiger partial charge is 0.416 e. The molecule has 0 spiro atoms. The van der Waals surface area contributed by atoms with Gasteiger partial charge in [0.1, 0.15) is 10.7 Å². The lowest BCUT2D eigenvalue weighted by molar-refractivity contribution is -0.137. The van der Waals surface area contributed by atoms with E-state index in [9.17, 15) is 22.8 Å². The van der Waals surface area contributed by atoms with E-state index in [1.165, 1.54) is 17.5 Å². The van der Waals surface area contributed by atoms with Gasteiger partial charge < -0.3 is 10.6 Å². The van der Waals surface area contributed by atoms with Crippen LogP contribution >= 0.6 is 11.3 Å². The molecule has 30 heavy (non-hydrogen) atoms. The number of amides is 3. The number of carbonyl (C=O) groups excluding carboxylic acids is 2. The lowest BCUT2D eigenvalue weighted by atomic mass is 10.1. The molecule has 1 aliphatic rings. The fourth-order valence-corrected chi connectivity index (χ4v) is 3.77. The zero-order valence-corrected chi connectivity index (χ0v) is 16.2. The van der Waals surface area contributed by atoms with Gasteiger partial charge in [-0.25, -0.2) is 9.78 Å². The Morgan fingerprint density at radius 3 is 2.60 bits per heavy atom. The predicted molar refractivity (Wildman–Crippen MR) is 108 cm³/mol. The maximum absolute atomic E-state index is 12.9. The minimum Gasteiger partial charge on any atom is -0.336 e. The summed E-state index contributed by atoms with van der Waals surface area (Å²) in [6, 6.07) is 11.4. The molecule has 0 aliphatic carbocycles. The minimum absolute atomic E-state index is 0.107. The zero-order valence-electron chi connectivity index (χ0n) is 15.4. The molecule has 3 amide bonds. The molecule has 4 rings (SSSR count). The number of halogens is 3. The second-order valence-corrected chi connectivity index (χ2v) is 7.36. The third kappa shape index (κ3) is 4.13. The number of alkyl halides is 3. The van der Waals surface area contributed by atoms with Crippen molar-refractivity contribution in [3.63, 3.8) is 0 Å². The number of carbonyl (C=O) groups is 2. The first-order chi connectivity index (χ1) is 14.3. The maximum atomic E-state index is 12.9. The Labute approximate surface area is 173 Å². The third-order valence-electron chi connectivity index (χ3n) is 4.47. The molecule has 0 radical (unpaired) electrons. The molecule has 0 unspecified atom stereocenters. The van der Waals surface area contributed by atoms with E-state index >= 15 is 0 Å². The van der Waals surface area contributed by atoms with E-state index in [2.05, 4.69) is 15.6 Å². The minimum atomic E-state index is -4.45. The number of anilines is 2. The van der Waals surface area contributed by atoms with E-state index in [0.29, 0.717) is 35.0 Å². The Morgan fingerprint density at radius 2 is 1.93 bits per heavy atom. The van der Waals surface area contributed by atoms with Gasteiger partial charge in [-0.15, -0.1) is 11.3 Å². The molecule has 6 nitrogen and oxygen atoms in total. The molecule has 10 heteroatoms. The highest BCUT2D eigenvalue weighted by Crippen LogP contribution is 2.33. The number of urea groups is 1. The molecule has 1 aliphatic heterocycles. The van der Waals surface area contributed by atoms with Crippen molar-refractivity contribution in [3.8, 4) is 10.6 Å². The predicted octanol–water partition coefficient (Wildman–Crippen LogP) is 4.61. The smallest absolute Gasteiger partial charge is 0.336 e. The number of nitrogens with one attached hydrogen (secondary N) is 2. The number of thiazole rings is 1. The first kappa shape index (κ1) is 19.9. The van der Waals surface area contributed by atoms with Crippen LogP contribution in [-0.4, -0.2) is 30.0 Å². The molecule has 1 saturated heterocycles. The molecule has 2 aromatic carbocycles. The fraction of sp³-hybridized carbons (Fsp3) is 0.150. The van der Waals surface area contributed by atoms with Crippen LogP contribution in [0.3, 0.4) is 0 Å². The van der Waals surface area contributed by atoms with E-state index < -0.39 is 17.6 Å². The number of hydrogen-bond acceptors (Lipinski definition) is 4. The summed E-state index contributed by atoms with van der Waals surface area (Å²) in [6.07, 6.45) is -4.45. The maximum Gasteiger partial charge on any atom is 0.416 e. The van der Waals surface area contributed by atoms with Crippen LogP contribution in [0.15, 0.2) is 53.9 Å². The number of aromatic nitrogens is 1. The van der Waals surface area contributed by atoms with Crippen molar-refractivity contribution in [2.24, 2.45) is 0 Å². The number of hydrogen-bond donors (Lipinski definition) is 2. The second kappa shape index (κ2) is 7.79. The summed E-state index contributed by atoms with van der Waals surface area (Å²) in [5.41, 5.74) is 0.853. The summed E-state index contributed by atoms with van der Waals surface area (Å²) < 4.78 is 38.7. The Kier molecular flexibility index (Phi) is 5.17. The first-order valence-corrected chi connectivity index (χ1v) is 9.79. The molecule has 0 bridgehead atoms. The molecular weight excluding hydrogens is 417 g/mol. The fourth-order valence-electron chi connectivity index (χ4n) is 2.98. The van der Waals surface area contributed by atoms with Crippen molar-refractivity contribution < 1.29 is 22.8 Å². The van der Waals surface area contributed by atoms with Gasteiger partial charge in [-0.1, -0.05) is 12.1 Å². The third-order valence-corrected chi connectivity index (χ3v) is 5.36. The summed E-state index contributed by atoms with van der Waals surface area (Å²) in [4.78, 5) is 29.9. The molecule has 0 saturated carbocycles. The molecule has 0 atom stereocenters. The van der Waals surface area contributed by atoms with Gasteiger partial charge in [0, 0.05) is 35.4 Å². The molecule has 2 N–H and O–H groups in total. The van der Waals surface area contributed by atoms with Crippen LogP contribution in [0.2, 0.25) is 0 Å². The van der Waals surface area contributed by atoms with Gasteiger partial charge in [-0.05, 0) is 36.4 Å². The lowest BCUT2D eigenvalue weighted by Gasteiger charge is -2.14. The highest BCUT2D eigenvalue weighted by atomic mass is 32.1. The summed E-state index contributed by atoms with van der Waals surface area (Å²) in [7, 11) is 0. The molecule has 1 fully saturated rings. The topological polar surface area (TPSA) is 74.3 Å². The van der Waals surface area contributed by atoms with Crippen molar-refractivity contribution in [1.29, 1.82) is 0 Å². The van der Waals surface area contributed by atoms with Crippen molar-refractivity contribution in [2.75, 3.05) is 23.3 Å². The SMILES string of the molecule is O=C(Nc1ccc(N2CCNC2=O)cc1)c1csc(-c2cccc(C(F)(F)F)c2)n1. The van der Waals surface area contributed by atoms with Gasteiger partial charge in [0.15, 0.2) is 0 Å². The number of rotatable bonds is 4. The molecule has 1 aromatic heterocycles. The number of benzene rings is 2.